The molecule has 1 aliphatic carbocycles. The summed E-state index contributed by atoms with van der Waals surface area (Å²) in [7, 11) is 0. The average Bonchev–Trinajstić information content (AvgIpc) is 3.51. The molecule has 1 N–H and O–H groups in total. The van der Waals surface area contributed by atoms with Gasteiger partial charge < -0.3 is 5.32 Å². The van der Waals surface area contributed by atoms with Crippen LogP contribution in [0.5, 0.6) is 0 Å². The van der Waals surface area contributed by atoms with E-state index in [1.807, 2.05) is 16.8 Å². The maximum absolute atomic E-state index is 13.1. The molecule has 1 amide bonds. The predicted molar refractivity (Wildman–Crippen MR) is 113 cm³/mol. The number of alkyl halides is 3. The number of carbonyl (C=O) groups is 1. The number of nitrogens with one attached hydrogen (secondary N) is 1. The van der Waals surface area contributed by atoms with Crippen LogP contribution < -0.4 is 5.32 Å². The van der Waals surface area contributed by atoms with Crippen LogP contribution in [0.3, 0.4) is 0 Å². The number of rotatable bonds is 4. The second-order valence-corrected chi connectivity index (χ2v) is 8.75. The molecule has 1 aromatic carbocycles. The molecular formula is C23H20ClF3N4O. The van der Waals surface area contributed by atoms with E-state index < -0.39 is 17.6 Å². The van der Waals surface area contributed by atoms with Crippen molar-refractivity contribution >= 4 is 17.5 Å². The average molecular weight is 461 g/mol. The number of nitrogens with zero attached hydrogens (tertiary/aromatic N) is 3. The van der Waals surface area contributed by atoms with E-state index in [0.29, 0.717) is 12.3 Å². The van der Waals surface area contributed by atoms with Crippen molar-refractivity contribution in [2.75, 3.05) is 0 Å². The molecule has 1 fully saturated rings. The van der Waals surface area contributed by atoms with E-state index in [0.717, 1.165) is 60.6 Å². The number of benzene rings is 1. The first-order chi connectivity index (χ1) is 15.3. The summed E-state index contributed by atoms with van der Waals surface area (Å²) >= 11 is 5.84. The second kappa shape index (κ2) is 7.92. The maximum Gasteiger partial charge on any atom is 0.416 e. The van der Waals surface area contributed by atoms with E-state index in [1.165, 1.54) is 6.07 Å². The summed E-state index contributed by atoms with van der Waals surface area (Å²) in [5, 5.41) is 7.43. The fraction of sp³-hybridized carbons (Fsp3) is 0.348. The topological polar surface area (TPSA) is 59.8 Å². The molecule has 0 saturated heterocycles. The standard InChI is InChI=1S/C23H20ClF3N4O/c24-17-9-15(8-16(11-17)23(25,26)27)22(32)29-18-2-1-7-31-21(18)12-20(30-31)14-5-6-28-19(10-14)13-3-4-13/h5-6,8-13,18H,1-4,7H2,(H,29,32)/t18-/m1/s1. The third-order valence-corrected chi connectivity index (χ3v) is 6.11. The lowest BCUT2D eigenvalue weighted by Crippen LogP contribution is -2.32. The van der Waals surface area contributed by atoms with Crippen LogP contribution in [-0.2, 0) is 12.7 Å². The zero-order valence-corrected chi connectivity index (χ0v) is 17.7. The van der Waals surface area contributed by atoms with Gasteiger partial charge in [0.15, 0.2) is 0 Å². The summed E-state index contributed by atoms with van der Waals surface area (Å²) in [6, 6.07) is 8.44. The van der Waals surface area contributed by atoms with Gasteiger partial charge in [0.2, 0.25) is 0 Å². The van der Waals surface area contributed by atoms with Crippen molar-refractivity contribution in [3.05, 3.63) is 70.1 Å². The van der Waals surface area contributed by atoms with E-state index in [-0.39, 0.29) is 16.6 Å². The summed E-state index contributed by atoms with van der Waals surface area (Å²) in [6.45, 7) is 0.720. The first kappa shape index (κ1) is 21.0. The maximum atomic E-state index is 13.1. The number of fused-ring (bicyclic) bond motifs is 1. The monoisotopic (exact) mass is 460 g/mol. The fourth-order valence-corrected chi connectivity index (χ4v) is 4.34. The fourth-order valence-electron chi connectivity index (χ4n) is 4.11. The lowest BCUT2D eigenvalue weighted by Gasteiger charge is -2.24. The molecule has 166 valence electrons. The molecule has 3 aromatic rings. The number of amides is 1. The van der Waals surface area contributed by atoms with Gasteiger partial charge in [-0.25, -0.2) is 0 Å². The van der Waals surface area contributed by atoms with Crippen LogP contribution in [-0.4, -0.2) is 20.7 Å². The van der Waals surface area contributed by atoms with E-state index in [2.05, 4.69) is 16.4 Å². The van der Waals surface area contributed by atoms with Gasteiger partial charge in [-0.1, -0.05) is 11.6 Å². The van der Waals surface area contributed by atoms with Crippen LogP contribution in [0, 0.1) is 0 Å². The van der Waals surface area contributed by atoms with Gasteiger partial charge >= 0.3 is 6.18 Å². The minimum Gasteiger partial charge on any atom is -0.344 e. The normalized spacial score (nSPS) is 18.3. The van der Waals surface area contributed by atoms with Gasteiger partial charge in [-0.2, -0.15) is 18.3 Å². The SMILES string of the molecule is O=C(N[C@@H]1CCCn2nc(-c3ccnc(C4CC4)c3)cc21)c1cc(Cl)cc(C(F)(F)F)c1. The Morgan fingerprint density at radius 2 is 1.94 bits per heavy atom. The van der Waals surface area contributed by atoms with Crippen molar-refractivity contribution in [2.45, 2.75) is 50.4 Å². The molecule has 0 radical (unpaired) electrons. The summed E-state index contributed by atoms with van der Waals surface area (Å²) in [5.74, 6) is -0.0716. The van der Waals surface area contributed by atoms with E-state index in [1.54, 1.807) is 6.20 Å². The van der Waals surface area contributed by atoms with Gasteiger partial charge in [-0.05, 0) is 62.1 Å². The molecule has 32 heavy (non-hydrogen) atoms. The Bertz CT molecular complexity index is 1190. The van der Waals surface area contributed by atoms with Crippen LogP contribution in [0.25, 0.3) is 11.3 Å². The van der Waals surface area contributed by atoms with Crippen molar-refractivity contribution in [1.82, 2.24) is 20.1 Å². The third-order valence-electron chi connectivity index (χ3n) is 5.90. The molecule has 5 nitrogen and oxygen atoms in total. The molecular weight excluding hydrogens is 441 g/mol. The van der Waals surface area contributed by atoms with Crippen LogP contribution in [0.4, 0.5) is 13.2 Å². The highest BCUT2D eigenvalue weighted by Gasteiger charge is 2.32. The number of aromatic nitrogens is 3. The summed E-state index contributed by atoms with van der Waals surface area (Å²) < 4.78 is 41.2. The van der Waals surface area contributed by atoms with Crippen LogP contribution >= 0.6 is 11.6 Å². The molecule has 0 spiro atoms. The van der Waals surface area contributed by atoms with Crippen molar-refractivity contribution in [2.24, 2.45) is 0 Å². The molecule has 2 aromatic heterocycles. The first-order valence-electron chi connectivity index (χ1n) is 10.5. The Kier molecular flexibility index (Phi) is 5.20. The largest absolute Gasteiger partial charge is 0.416 e. The summed E-state index contributed by atoms with van der Waals surface area (Å²) in [5.41, 5.74) is 2.61. The lowest BCUT2D eigenvalue weighted by atomic mass is 10.0. The minimum absolute atomic E-state index is 0.120. The molecule has 9 heteroatoms. The van der Waals surface area contributed by atoms with Gasteiger partial charge in [0, 0.05) is 40.5 Å². The van der Waals surface area contributed by atoms with Gasteiger partial charge in [0.1, 0.15) is 0 Å². The molecule has 0 bridgehead atoms. The number of carbonyl (C=O) groups excluding carboxylic acids is 1. The minimum atomic E-state index is -4.58. The van der Waals surface area contributed by atoms with Gasteiger partial charge in [0.05, 0.1) is 23.0 Å². The van der Waals surface area contributed by atoms with Crippen LogP contribution in [0.2, 0.25) is 5.02 Å². The molecule has 0 unspecified atom stereocenters. The lowest BCUT2D eigenvalue weighted by molar-refractivity contribution is -0.137. The van der Waals surface area contributed by atoms with Gasteiger partial charge in [-0.15, -0.1) is 0 Å². The number of hydrogen-bond donors (Lipinski definition) is 1. The molecule has 1 saturated carbocycles. The van der Waals surface area contributed by atoms with Crippen LogP contribution in [0.1, 0.15) is 65.0 Å². The number of hydrogen-bond acceptors (Lipinski definition) is 3. The Morgan fingerprint density at radius 3 is 2.69 bits per heavy atom. The highest BCUT2D eigenvalue weighted by atomic mass is 35.5. The van der Waals surface area contributed by atoms with Gasteiger partial charge in [0.25, 0.3) is 5.91 Å². The van der Waals surface area contributed by atoms with Crippen molar-refractivity contribution < 1.29 is 18.0 Å². The summed E-state index contributed by atoms with van der Waals surface area (Å²) in [4.78, 5) is 17.2. The molecule has 1 aliphatic heterocycles. The Balaban J connectivity index is 1.40. The Hall–Kier alpha value is -2.87. The molecule has 5 rings (SSSR count). The Morgan fingerprint density at radius 1 is 1.12 bits per heavy atom. The summed E-state index contributed by atoms with van der Waals surface area (Å²) in [6.07, 6.45) is 0.993. The zero-order chi connectivity index (χ0) is 22.5. The number of halogens is 4. The predicted octanol–water partition coefficient (Wildman–Crippen LogP) is 5.76. The first-order valence-corrected chi connectivity index (χ1v) is 10.9. The van der Waals surface area contributed by atoms with Gasteiger partial charge in [-0.3, -0.25) is 14.5 Å². The van der Waals surface area contributed by atoms with Crippen molar-refractivity contribution in [3.63, 3.8) is 0 Å². The number of pyridine rings is 1. The van der Waals surface area contributed by atoms with Crippen LogP contribution in [0.15, 0.2) is 42.6 Å². The van der Waals surface area contributed by atoms with E-state index in [9.17, 15) is 18.0 Å². The molecule has 3 heterocycles. The van der Waals surface area contributed by atoms with E-state index in [4.69, 9.17) is 16.7 Å². The second-order valence-electron chi connectivity index (χ2n) is 8.32. The molecule has 2 aliphatic rings. The molecule has 1 atom stereocenters. The highest BCUT2D eigenvalue weighted by Crippen LogP contribution is 2.40. The van der Waals surface area contributed by atoms with Crippen molar-refractivity contribution in [1.29, 1.82) is 0 Å². The zero-order valence-electron chi connectivity index (χ0n) is 17.0. The highest BCUT2D eigenvalue weighted by molar-refractivity contribution is 6.31. The third kappa shape index (κ3) is 4.24. The Labute approximate surface area is 187 Å². The quantitative estimate of drug-likeness (QED) is 0.538. The smallest absolute Gasteiger partial charge is 0.344 e. The number of aryl methyl sites for hydroxylation is 1. The van der Waals surface area contributed by atoms with E-state index >= 15 is 0 Å². The van der Waals surface area contributed by atoms with Crippen molar-refractivity contribution in [3.8, 4) is 11.3 Å².